The molecule has 0 unspecified atom stereocenters. The zero-order chi connectivity index (χ0) is 27.8. The van der Waals surface area contributed by atoms with Gasteiger partial charge in [0, 0.05) is 66.5 Å². The number of fused-ring (bicyclic) bond motifs is 2. The number of pyridine rings is 3. The first-order valence-electron chi connectivity index (χ1n) is 12.9. The summed E-state index contributed by atoms with van der Waals surface area (Å²) < 4.78 is 20.4. The molecule has 0 fully saturated rings. The highest BCUT2D eigenvalue weighted by molar-refractivity contribution is 6.00. The van der Waals surface area contributed by atoms with Crippen molar-refractivity contribution >= 4 is 27.5 Å². The smallest absolute Gasteiger partial charge is 0.127 e. The van der Waals surface area contributed by atoms with Crippen molar-refractivity contribution in [3.05, 3.63) is 73.1 Å². The molecule has 40 heavy (non-hydrogen) atoms. The van der Waals surface area contributed by atoms with Crippen molar-refractivity contribution in [3.8, 4) is 39.7 Å². The van der Waals surface area contributed by atoms with Crippen LogP contribution in [0.1, 0.15) is 0 Å². The number of nitrogens with one attached hydrogen (secondary N) is 2. The van der Waals surface area contributed by atoms with E-state index in [0.29, 0.717) is 23.6 Å². The van der Waals surface area contributed by atoms with Gasteiger partial charge in [-0.05, 0) is 50.5 Å². The Morgan fingerprint density at radius 3 is 2.52 bits per heavy atom. The number of aromatic amines is 2. The van der Waals surface area contributed by atoms with Crippen LogP contribution in [-0.4, -0.2) is 76.4 Å². The number of nitrogens with zero attached hydrogens (tertiary/aromatic N) is 6. The zero-order valence-corrected chi connectivity index (χ0v) is 22.7. The minimum Gasteiger partial charge on any atom is -0.492 e. The van der Waals surface area contributed by atoms with Gasteiger partial charge in [0.2, 0.25) is 0 Å². The maximum absolute atomic E-state index is 14.6. The molecule has 0 radical (unpaired) electrons. The third-order valence-electron chi connectivity index (χ3n) is 6.74. The number of hydrogen-bond acceptors (Lipinski definition) is 7. The summed E-state index contributed by atoms with van der Waals surface area (Å²) in [5, 5.41) is 9.46. The lowest BCUT2D eigenvalue weighted by molar-refractivity contribution is 0.260. The van der Waals surface area contributed by atoms with Gasteiger partial charge in [0.15, 0.2) is 0 Å². The topological polar surface area (TPSA) is 98.8 Å². The largest absolute Gasteiger partial charge is 0.492 e. The highest BCUT2D eigenvalue weighted by Gasteiger charge is 2.16. The van der Waals surface area contributed by atoms with E-state index in [1.807, 2.05) is 68.5 Å². The summed E-state index contributed by atoms with van der Waals surface area (Å²) in [5.41, 5.74) is 7.25. The van der Waals surface area contributed by atoms with Crippen LogP contribution < -0.4 is 9.64 Å². The molecule has 0 spiro atoms. The molecule has 0 atom stereocenters. The van der Waals surface area contributed by atoms with Crippen molar-refractivity contribution in [1.29, 1.82) is 0 Å². The van der Waals surface area contributed by atoms with Gasteiger partial charge < -0.3 is 19.5 Å². The average Bonchev–Trinajstić information content (AvgIpc) is 3.56. The molecule has 6 aromatic rings. The quantitative estimate of drug-likeness (QED) is 0.270. The van der Waals surface area contributed by atoms with Crippen LogP contribution in [0.2, 0.25) is 0 Å². The number of H-pyrrole nitrogens is 2. The van der Waals surface area contributed by atoms with Gasteiger partial charge in [-0.3, -0.25) is 20.1 Å². The Bertz CT molecular complexity index is 1820. The molecule has 1 aromatic carbocycles. The minimum atomic E-state index is -0.377. The summed E-state index contributed by atoms with van der Waals surface area (Å²) in [6.07, 6.45) is 7.12. The lowest BCUT2D eigenvalue weighted by atomic mass is 10.1. The van der Waals surface area contributed by atoms with E-state index in [2.05, 4.69) is 36.2 Å². The molecule has 6 rings (SSSR count). The summed E-state index contributed by atoms with van der Waals surface area (Å²) in [5.74, 6) is 0.0932. The Morgan fingerprint density at radius 1 is 0.850 bits per heavy atom. The van der Waals surface area contributed by atoms with Crippen molar-refractivity contribution in [2.45, 2.75) is 0 Å². The lowest BCUT2D eigenvalue weighted by Crippen LogP contribution is -2.19. The maximum Gasteiger partial charge on any atom is 0.127 e. The fraction of sp³-hybridized carbons (Fsp3) is 0.200. The van der Waals surface area contributed by atoms with Gasteiger partial charge in [0.1, 0.15) is 23.9 Å². The monoisotopic (exact) mass is 536 g/mol. The summed E-state index contributed by atoms with van der Waals surface area (Å²) >= 11 is 0. The van der Waals surface area contributed by atoms with Gasteiger partial charge in [-0.25, -0.2) is 4.39 Å². The van der Waals surface area contributed by atoms with Crippen LogP contribution in [0, 0.1) is 5.82 Å². The molecule has 0 bridgehead atoms. The van der Waals surface area contributed by atoms with Crippen molar-refractivity contribution in [2.75, 3.05) is 46.2 Å². The van der Waals surface area contributed by atoms with Crippen molar-refractivity contribution in [2.24, 2.45) is 0 Å². The Labute approximate surface area is 230 Å². The fourth-order valence-corrected chi connectivity index (χ4v) is 4.63. The maximum atomic E-state index is 14.6. The first-order valence-corrected chi connectivity index (χ1v) is 12.9. The number of halogens is 1. The molecule has 9 nitrogen and oxygen atoms in total. The molecular weight excluding hydrogens is 507 g/mol. The van der Waals surface area contributed by atoms with Crippen LogP contribution in [-0.2, 0) is 0 Å². The van der Waals surface area contributed by atoms with E-state index in [1.54, 1.807) is 18.6 Å². The van der Waals surface area contributed by atoms with E-state index in [9.17, 15) is 4.39 Å². The van der Waals surface area contributed by atoms with E-state index in [4.69, 9.17) is 4.74 Å². The first-order chi connectivity index (χ1) is 19.4. The SMILES string of the molecule is CN(C)CCOc1cc(F)cc(-c2nccc3[nH]c(-c4n[nH]c5cnc(-c6cncc(N(C)C)c6)cc45)cc23)c1. The van der Waals surface area contributed by atoms with Gasteiger partial charge in [0.05, 0.1) is 40.7 Å². The van der Waals surface area contributed by atoms with Crippen LogP contribution in [0.3, 0.4) is 0 Å². The number of ether oxygens (including phenoxy) is 1. The Morgan fingerprint density at radius 2 is 1.70 bits per heavy atom. The Balaban J connectivity index is 1.39. The number of hydrogen-bond donors (Lipinski definition) is 2. The Hall–Kier alpha value is -4.83. The zero-order valence-electron chi connectivity index (χ0n) is 22.7. The lowest BCUT2D eigenvalue weighted by Gasteiger charge is -2.12. The van der Waals surface area contributed by atoms with Gasteiger partial charge >= 0.3 is 0 Å². The third kappa shape index (κ3) is 4.96. The van der Waals surface area contributed by atoms with E-state index >= 15 is 0 Å². The normalized spacial score (nSPS) is 11.6. The van der Waals surface area contributed by atoms with E-state index in [1.165, 1.54) is 12.1 Å². The molecule has 10 heteroatoms. The van der Waals surface area contributed by atoms with Crippen LogP contribution in [0.25, 0.3) is 55.7 Å². The highest BCUT2D eigenvalue weighted by Crippen LogP contribution is 2.35. The van der Waals surface area contributed by atoms with E-state index in [-0.39, 0.29) is 5.82 Å². The first kappa shape index (κ1) is 25.4. The predicted octanol–water partition coefficient (Wildman–Crippen LogP) is 5.38. The van der Waals surface area contributed by atoms with Gasteiger partial charge in [-0.15, -0.1) is 0 Å². The highest BCUT2D eigenvalue weighted by atomic mass is 19.1. The second-order valence-corrected chi connectivity index (χ2v) is 10.1. The van der Waals surface area contributed by atoms with E-state index in [0.717, 1.165) is 56.7 Å². The molecule has 0 saturated heterocycles. The van der Waals surface area contributed by atoms with Crippen LogP contribution in [0.15, 0.2) is 67.3 Å². The van der Waals surface area contributed by atoms with E-state index < -0.39 is 0 Å². The van der Waals surface area contributed by atoms with Crippen molar-refractivity contribution < 1.29 is 9.13 Å². The minimum absolute atomic E-state index is 0.377. The predicted molar refractivity (Wildman–Crippen MR) is 156 cm³/mol. The summed E-state index contributed by atoms with van der Waals surface area (Å²) in [7, 11) is 7.89. The number of likely N-dealkylation sites (N-methyl/N-ethyl adjacent to an activating group) is 1. The number of benzene rings is 1. The molecule has 202 valence electrons. The third-order valence-corrected chi connectivity index (χ3v) is 6.74. The molecule has 0 aliphatic carbocycles. The molecule has 0 amide bonds. The van der Waals surface area contributed by atoms with Crippen LogP contribution in [0.5, 0.6) is 5.75 Å². The molecule has 5 aromatic heterocycles. The molecular formula is C30H29FN8O. The van der Waals surface area contributed by atoms with Crippen molar-refractivity contribution in [3.63, 3.8) is 0 Å². The van der Waals surface area contributed by atoms with Crippen LogP contribution >= 0.6 is 0 Å². The molecule has 5 heterocycles. The molecule has 0 aliphatic rings. The van der Waals surface area contributed by atoms with Crippen molar-refractivity contribution in [1.82, 2.24) is 35.0 Å². The standard InChI is InChI=1S/C30H29FN8O/c1-38(2)7-8-40-22-11-18(9-20(31)12-22)29-23-14-27(35-25(23)5-6-33-29)30-24-13-26(34-17-28(24)36-37-30)19-10-21(39(3)4)16-32-15-19/h5-6,9-17,35H,7-8H2,1-4H3,(H,36,37). The summed E-state index contributed by atoms with van der Waals surface area (Å²) in [6.45, 7) is 1.19. The molecule has 0 aliphatic heterocycles. The number of rotatable bonds is 8. The van der Waals surface area contributed by atoms with Gasteiger partial charge in [-0.1, -0.05) is 0 Å². The fourth-order valence-electron chi connectivity index (χ4n) is 4.63. The number of aromatic nitrogens is 6. The molecule has 2 N–H and O–H groups in total. The van der Waals surface area contributed by atoms with Crippen LogP contribution in [0.4, 0.5) is 10.1 Å². The number of anilines is 1. The van der Waals surface area contributed by atoms with Gasteiger partial charge in [-0.2, -0.15) is 5.10 Å². The Kier molecular flexibility index (Phi) is 6.61. The second kappa shape index (κ2) is 10.4. The summed E-state index contributed by atoms with van der Waals surface area (Å²) in [4.78, 5) is 21.1. The second-order valence-electron chi connectivity index (χ2n) is 10.1. The average molecular weight is 537 g/mol. The summed E-state index contributed by atoms with van der Waals surface area (Å²) in [6, 6.07) is 12.7. The van der Waals surface area contributed by atoms with Gasteiger partial charge in [0.25, 0.3) is 0 Å². The molecule has 0 saturated carbocycles.